The Morgan fingerprint density at radius 2 is 2.30 bits per heavy atom. The molecule has 0 aromatic carbocycles. The van der Waals surface area contributed by atoms with E-state index >= 15 is 0 Å². The molecule has 5 nitrogen and oxygen atoms in total. The van der Waals surface area contributed by atoms with Gasteiger partial charge < -0.3 is 15.2 Å². The normalized spacial score (nSPS) is 25.2. The Morgan fingerprint density at radius 1 is 1.40 bits per heavy atom. The van der Waals surface area contributed by atoms with Gasteiger partial charge in [0.05, 0.1) is 0 Å². The number of carbonyl (C=O) groups excluding carboxylic acids is 1. The number of imidazole rings is 1. The Labute approximate surface area is 123 Å². The molecule has 1 aromatic heterocycles. The van der Waals surface area contributed by atoms with E-state index in [2.05, 4.69) is 20.2 Å². The average molecular weight is 294 g/mol. The molecule has 2 atom stereocenters. The van der Waals surface area contributed by atoms with Crippen molar-refractivity contribution in [2.24, 2.45) is 5.92 Å². The van der Waals surface area contributed by atoms with E-state index in [0.717, 1.165) is 32.5 Å². The second-order valence-electron chi connectivity index (χ2n) is 5.63. The van der Waals surface area contributed by atoms with Crippen LogP contribution in [0.4, 0.5) is 4.79 Å². The van der Waals surface area contributed by atoms with Gasteiger partial charge in [-0.3, -0.25) is 0 Å². The lowest BCUT2D eigenvalue weighted by atomic mass is 9.99. The van der Waals surface area contributed by atoms with Gasteiger partial charge in [0, 0.05) is 43.7 Å². The molecule has 0 unspecified atom stereocenters. The van der Waals surface area contributed by atoms with Crippen molar-refractivity contribution in [1.82, 2.24) is 20.2 Å². The van der Waals surface area contributed by atoms with Gasteiger partial charge in [-0.2, -0.15) is 11.8 Å². The van der Waals surface area contributed by atoms with Crippen LogP contribution in [-0.2, 0) is 13.0 Å². The highest BCUT2D eigenvalue weighted by Gasteiger charge is 2.20. The maximum absolute atomic E-state index is 11.8. The fraction of sp³-hybridized carbons (Fsp3) is 0.714. The number of aryl methyl sites for hydroxylation is 1. The lowest BCUT2D eigenvalue weighted by molar-refractivity contribution is 0.236. The Morgan fingerprint density at radius 3 is 3.15 bits per heavy atom. The Bertz CT molecular complexity index is 456. The van der Waals surface area contributed by atoms with Crippen LogP contribution < -0.4 is 10.6 Å². The zero-order valence-electron chi connectivity index (χ0n) is 11.7. The van der Waals surface area contributed by atoms with Crippen molar-refractivity contribution in [3.8, 4) is 0 Å². The quantitative estimate of drug-likeness (QED) is 0.887. The minimum Gasteiger partial charge on any atom is -0.338 e. The van der Waals surface area contributed by atoms with Gasteiger partial charge in [0.15, 0.2) is 0 Å². The van der Waals surface area contributed by atoms with Crippen LogP contribution in [-0.4, -0.2) is 39.7 Å². The van der Waals surface area contributed by atoms with Crippen LogP contribution in [0.5, 0.6) is 0 Å². The number of aromatic nitrogens is 2. The molecule has 1 saturated heterocycles. The highest BCUT2D eigenvalue weighted by Crippen LogP contribution is 2.25. The molecule has 2 aliphatic heterocycles. The third-order valence-corrected chi connectivity index (χ3v) is 5.50. The van der Waals surface area contributed by atoms with E-state index in [1.54, 1.807) is 0 Å². The van der Waals surface area contributed by atoms with Gasteiger partial charge in [-0.25, -0.2) is 9.78 Å². The second-order valence-corrected chi connectivity index (χ2v) is 7.03. The standard InChI is InChI=1S/C14H22N4OS/c19-14(17-9-12-2-1-7-20-12)16-8-11-3-4-13-15-5-6-18(13)10-11/h5-6,11-12H,1-4,7-10H2,(H2,16,17,19)/t11-,12+/m1/s1. The zero-order valence-corrected chi connectivity index (χ0v) is 12.5. The van der Waals surface area contributed by atoms with Crippen LogP contribution in [0.15, 0.2) is 12.4 Å². The lowest BCUT2D eigenvalue weighted by Gasteiger charge is -2.24. The van der Waals surface area contributed by atoms with Crippen molar-refractivity contribution in [3.63, 3.8) is 0 Å². The number of carbonyl (C=O) groups is 1. The van der Waals surface area contributed by atoms with E-state index in [0.29, 0.717) is 11.2 Å². The summed E-state index contributed by atoms with van der Waals surface area (Å²) in [5, 5.41) is 6.61. The summed E-state index contributed by atoms with van der Waals surface area (Å²) in [6.07, 6.45) is 8.52. The summed E-state index contributed by atoms with van der Waals surface area (Å²) >= 11 is 1.97. The summed E-state index contributed by atoms with van der Waals surface area (Å²) in [4.78, 5) is 16.1. The van der Waals surface area contributed by atoms with Crippen LogP contribution >= 0.6 is 11.8 Å². The highest BCUT2D eigenvalue weighted by molar-refractivity contribution is 8.00. The average Bonchev–Trinajstić information content (AvgIpc) is 3.13. The highest BCUT2D eigenvalue weighted by atomic mass is 32.2. The number of urea groups is 1. The predicted octanol–water partition coefficient (Wildman–Crippen LogP) is 1.64. The molecule has 6 heteroatoms. The van der Waals surface area contributed by atoms with Crippen molar-refractivity contribution in [1.29, 1.82) is 0 Å². The second kappa shape index (κ2) is 6.52. The summed E-state index contributed by atoms with van der Waals surface area (Å²) in [5.41, 5.74) is 0. The van der Waals surface area contributed by atoms with Gasteiger partial charge in [0.25, 0.3) is 0 Å². The van der Waals surface area contributed by atoms with E-state index in [4.69, 9.17) is 0 Å². The first-order valence-corrected chi connectivity index (χ1v) is 8.49. The minimum atomic E-state index is -0.0195. The SMILES string of the molecule is O=C(NC[C@H]1CCc2nccn2C1)NC[C@@H]1CCCS1. The number of nitrogens with zero attached hydrogens (tertiary/aromatic N) is 2. The van der Waals surface area contributed by atoms with E-state index in [-0.39, 0.29) is 6.03 Å². The smallest absolute Gasteiger partial charge is 0.314 e. The molecule has 0 saturated carbocycles. The molecule has 2 N–H and O–H groups in total. The summed E-state index contributed by atoms with van der Waals surface area (Å²) in [7, 11) is 0. The molecule has 20 heavy (non-hydrogen) atoms. The number of hydrogen-bond acceptors (Lipinski definition) is 3. The molecule has 1 aromatic rings. The first-order valence-electron chi connectivity index (χ1n) is 7.44. The minimum absolute atomic E-state index is 0.0195. The zero-order chi connectivity index (χ0) is 13.8. The molecule has 3 heterocycles. The fourth-order valence-electron chi connectivity index (χ4n) is 2.92. The van der Waals surface area contributed by atoms with Crippen molar-refractivity contribution < 1.29 is 4.79 Å². The third-order valence-electron chi connectivity index (χ3n) is 4.10. The Hall–Kier alpha value is -1.17. The molecule has 2 aliphatic rings. The maximum atomic E-state index is 11.8. The molecular weight excluding hydrogens is 272 g/mol. The molecular formula is C14H22N4OS. The Balaban J connectivity index is 1.36. The maximum Gasteiger partial charge on any atom is 0.314 e. The molecule has 1 fully saturated rings. The first kappa shape index (κ1) is 13.8. The van der Waals surface area contributed by atoms with E-state index in [9.17, 15) is 4.79 Å². The van der Waals surface area contributed by atoms with Crippen LogP contribution in [0, 0.1) is 5.92 Å². The Kier molecular flexibility index (Phi) is 4.50. The number of fused-ring (bicyclic) bond motifs is 1. The number of thioether (sulfide) groups is 1. The van der Waals surface area contributed by atoms with Crippen LogP contribution in [0.3, 0.4) is 0 Å². The molecule has 3 rings (SSSR count). The first-order chi connectivity index (χ1) is 9.81. The summed E-state index contributed by atoms with van der Waals surface area (Å²) in [5.74, 6) is 2.93. The topological polar surface area (TPSA) is 59.0 Å². The molecule has 0 radical (unpaired) electrons. The lowest BCUT2D eigenvalue weighted by Crippen LogP contribution is -2.41. The number of nitrogens with one attached hydrogen (secondary N) is 2. The molecule has 110 valence electrons. The van der Waals surface area contributed by atoms with Crippen molar-refractivity contribution in [3.05, 3.63) is 18.2 Å². The summed E-state index contributed by atoms with van der Waals surface area (Å²) in [6.45, 7) is 2.52. The van der Waals surface area contributed by atoms with Crippen molar-refractivity contribution in [2.75, 3.05) is 18.8 Å². The summed E-state index contributed by atoms with van der Waals surface area (Å²) < 4.78 is 2.20. The van der Waals surface area contributed by atoms with Crippen LogP contribution in [0.25, 0.3) is 0 Å². The van der Waals surface area contributed by atoms with Gasteiger partial charge in [-0.15, -0.1) is 0 Å². The number of amides is 2. The van der Waals surface area contributed by atoms with Gasteiger partial charge in [0.1, 0.15) is 5.82 Å². The van der Waals surface area contributed by atoms with Gasteiger partial charge >= 0.3 is 6.03 Å². The molecule has 2 amide bonds. The molecule has 0 aliphatic carbocycles. The monoisotopic (exact) mass is 294 g/mol. The largest absolute Gasteiger partial charge is 0.338 e. The van der Waals surface area contributed by atoms with Gasteiger partial charge in [0.2, 0.25) is 0 Å². The van der Waals surface area contributed by atoms with Gasteiger partial charge in [-0.05, 0) is 30.9 Å². The molecule has 0 bridgehead atoms. The predicted molar refractivity (Wildman–Crippen MR) is 80.9 cm³/mol. The number of hydrogen-bond donors (Lipinski definition) is 2. The van der Waals surface area contributed by atoms with Gasteiger partial charge in [-0.1, -0.05) is 0 Å². The van der Waals surface area contributed by atoms with E-state index < -0.39 is 0 Å². The van der Waals surface area contributed by atoms with E-state index in [1.807, 2.05) is 24.2 Å². The summed E-state index contributed by atoms with van der Waals surface area (Å²) in [6, 6.07) is -0.0195. The third kappa shape index (κ3) is 3.48. The fourth-order valence-corrected chi connectivity index (χ4v) is 4.12. The molecule has 0 spiro atoms. The van der Waals surface area contributed by atoms with E-state index in [1.165, 1.54) is 24.4 Å². The number of rotatable bonds is 4. The van der Waals surface area contributed by atoms with Crippen LogP contribution in [0.1, 0.15) is 25.1 Å². The van der Waals surface area contributed by atoms with Crippen LogP contribution in [0.2, 0.25) is 0 Å². The van der Waals surface area contributed by atoms with Crippen molar-refractivity contribution in [2.45, 2.75) is 37.5 Å². The van der Waals surface area contributed by atoms with Crippen molar-refractivity contribution >= 4 is 17.8 Å².